The summed E-state index contributed by atoms with van der Waals surface area (Å²) in [5.41, 5.74) is 1.19. The Morgan fingerprint density at radius 1 is 1.05 bits per heavy atom. The van der Waals surface area contributed by atoms with Gasteiger partial charge in [0.1, 0.15) is 0 Å². The van der Waals surface area contributed by atoms with Gasteiger partial charge < -0.3 is 19.9 Å². The molecule has 3 heterocycles. The van der Waals surface area contributed by atoms with Crippen LogP contribution in [-0.2, 0) is 11.3 Å². The Bertz CT molecular complexity index is 1550. The lowest BCUT2D eigenvalue weighted by atomic mass is 9.99. The number of benzene rings is 2. The minimum absolute atomic E-state index is 0.0246. The number of piperidine rings is 1. The summed E-state index contributed by atoms with van der Waals surface area (Å²) in [4.78, 5) is 13.2. The van der Waals surface area contributed by atoms with E-state index < -0.39 is 34.7 Å². The van der Waals surface area contributed by atoms with Crippen molar-refractivity contribution in [1.82, 2.24) is 25.0 Å². The van der Waals surface area contributed by atoms with Crippen molar-refractivity contribution in [3.63, 3.8) is 0 Å². The van der Waals surface area contributed by atoms with Gasteiger partial charge in [-0.15, -0.1) is 0 Å². The van der Waals surface area contributed by atoms with Crippen molar-refractivity contribution >= 4 is 17.2 Å². The molecule has 4 unspecified atom stereocenters. The van der Waals surface area contributed by atoms with E-state index in [0.717, 1.165) is 19.5 Å². The zero-order valence-corrected chi connectivity index (χ0v) is 21.3. The number of anilines is 1. The molecular weight excluding hydrogens is 526 g/mol. The van der Waals surface area contributed by atoms with Crippen LogP contribution < -0.4 is 20.1 Å². The van der Waals surface area contributed by atoms with Crippen LogP contribution in [0.4, 0.5) is 14.7 Å². The molecule has 2 fully saturated rings. The van der Waals surface area contributed by atoms with E-state index in [9.17, 15) is 8.76 Å². The fourth-order valence-corrected chi connectivity index (χ4v) is 5.45. The molecule has 1 saturated carbocycles. The summed E-state index contributed by atoms with van der Waals surface area (Å²) >= 11 is -2.73. The highest BCUT2D eigenvalue weighted by Crippen LogP contribution is 2.48. The van der Waals surface area contributed by atoms with Crippen LogP contribution in [0.1, 0.15) is 23.6 Å². The van der Waals surface area contributed by atoms with Crippen molar-refractivity contribution in [1.29, 1.82) is 0 Å². The maximum atomic E-state index is 15.3. The summed E-state index contributed by atoms with van der Waals surface area (Å²) < 4.78 is 61.4. The van der Waals surface area contributed by atoms with Crippen LogP contribution in [0.2, 0.25) is 0 Å². The number of hydrogen-bond donors (Lipinski definition) is 3. The number of nitrogens with one attached hydrogen (secondary N) is 3. The Morgan fingerprint density at radius 2 is 1.90 bits per heavy atom. The fourth-order valence-electron chi connectivity index (χ4n) is 5.00. The summed E-state index contributed by atoms with van der Waals surface area (Å²) in [6.07, 6.45) is 4.14. The molecule has 9 nitrogen and oxygen atoms in total. The largest absolute Gasteiger partial charge is 0.760 e. The molecule has 1 aliphatic heterocycles. The summed E-state index contributed by atoms with van der Waals surface area (Å²) in [5.74, 6) is -1.89. The monoisotopic (exact) mass is 549 g/mol. The number of halogens is 2. The predicted octanol–water partition coefficient (Wildman–Crippen LogP) is 3.86. The Labute approximate surface area is 225 Å². The normalized spacial score (nSPS) is 21.2. The van der Waals surface area contributed by atoms with Crippen molar-refractivity contribution in [2.24, 2.45) is 5.92 Å². The minimum atomic E-state index is -2.73. The van der Waals surface area contributed by atoms with Crippen molar-refractivity contribution in [2.75, 3.05) is 18.4 Å². The summed E-state index contributed by atoms with van der Waals surface area (Å²) in [5, 5.41) is 6.78. The molecule has 4 atom stereocenters. The van der Waals surface area contributed by atoms with Gasteiger partial charge in [0.25, 0.3) is 0 Å². The second-order valence-corrected chi connectivity index (χ2v) is 10.2. The van der Waals surface area contributed by atoms with Gasteiger partial charge in [0, 0.05) is 42.3 Å². The number of nitrogens with zero attached hydrogens (tertiary/aromatic N) is 3. The molecule has 1 aliphatic carbocycles. The molecule has 200 valence electrons. The third kappa shape index (κ3) is 5.11. The molecular formula is C27H23F2N6O3S-. The first kappa shape index (κ1) is 25.4. The summed E-state index contributed by atoms with van der Waals surface area (Å²) in [6.45, 7) is 1.81. The van der Waals surface area contributed by atoms with Gasteiger partial charge in [-0.05, 0) is 42.2 Å². The SMILES string of the molecule is O=S([O-])NC(c1ccccc1)c1ccc(Oc2ncccc2-c2ccnc(NC34CNCC3C4)n2)c(F)c1F. The smallest absolute Gasteiger partial charge is 0.228 e. The lowest BCUT2D eigenvalue weighted by molar-refractivity contribution is 0.402. The van der Waals surface area contributed by atoms with Crippen LogP contribution in [0.15, 0.2) is 73.1 Å². The van der Waals surface area contributed by atoms with Gasteiger partial charge in [0.05, 0.1) is 22.8 Å². The molecule has 3 N–H and O–H groups in total. The standard InChI is InChI=1S/C27H24F2N6O3S/c28-22-19(24(35-39(36)37)16-5-2-1-3-6-16)8-9-21(23(22)29)38-25-18(7-4-11-31-25)20-10-12-32-26(33-20)34-27-13-17(27)14-30-15-27/h1-12,17,24,30,35H,13-15H2,(H,36,37)(H,32,33,34)/p-1. The quantitative estimate of drug-likeness (QED) is 0.269. The number of pyridine rings is 1. The molecule has 6 rings (SSSR count). The number of hydrogen-bond acceptors (Lipinski definition) is 8. The molecule has 2 aliphatic rings. The molecule has 0 amide bonds. The van der Waals surface area contributed by atoms with Gasteiger partial charge in [-0.2, -0.15) is 4.39 Å². The molecule has 12 heteroatoms. The molecule has 0 spiro atoms. The van der Waals surface area contributed by atoms with Crippen molar-refractivity contribution < 1.29 is 22.3 Å². The molecule has 0 radical (unpaired) electrons. The van der Waals surface area contributed by atoms with Crippen LogP contribution in [0.5, 0.6) is 11.6 Å². The molecule has 2 aromatic carbocycles. The predicted molar refractivity (Wildman–Crippen MR) is 139 cm³/mol. The van der Waals surface area contributed by atoms with Gasteiger partial charge >= 0.3 is 0 Å². The van der Waals surface area contributed by atoms with Crippen LogP contribution in [0, 0.1) is 17.6 Å². The Balaban J connectivity index is 1.29. The average molecular weight is 550 g/mol. The van der Waals surface area contributed by atoms with E-state index in [4.69, 9.17) is 4.74 Å². The van der Waals surface area contributed by atoms with Crippen LogP contribution in [-0.4, -0.2) is 42.3 Å². The van der Waals surface area contributed by atoms with Gasteiger partial charge in [-0.3, -0.25) is 4.21 Å². The van der Waals surface area contributed by atoms with Gasteiger partial charge in [-0.1, -0.05) is 36.4 Å². The van der Waals surface area contributed by atoms with E-state index in [1.807, 2.05) is 0 Å². The molecule has 39 heavy (non-hydrogen) atoms. The first-order chi connectivity index (χ1) is 18.9. The fraction of sp³-hybridized carbons (Fsp3) is 0.222. The van der Waals surface area contributed by atoms with Crippen LogP contribution >= 0.6 is 0 Å². The lowest BCUT2D eigenvalue weighted by Gasteiger charge is -2.22. The summed E-state index contributed by atoms with van der Waals surface area (Å²) in [7, 11) is 0. The number of ether oxygens (including phenoxy) is 1. The molecule has 4 aromatic rings. The Morgan fingerprint density at radius 3 is 2.64 bits per heavy atom. The van der Waals surface area contributed by atoms with E-state index in [-0.39, 0.29) is 17.0 Å². The van der Waals surface area contributed by atoms with E-state index in [0.29, 0.717) is 28.7 Å². The van der Waals surface area contributed by atoms with Gasteiger partial charge in [0.2, 0.25) is 17.6 Å². The maximum Gasteiger partial charge on any atom is 0.228 e. The lowest BCUT2D eigenvalue weighted by Crippen LogP contribution is -2.30. The van der Waals surface area contributed by atoms with E-state index in [1.165, 1.54) is 18.3 Å². The molecule has 2 aromatic heterocycles. The highest BCUT2D eigenvalue weighted by atomic mass is 32.2. The second-order valence-electron chi connectivity index (χ2n) is 9.51. The Hall–Kier alpha value is -3.84. The topological polar surface area (TPSA) is 124 Å². The van der Waals surface area contributed by atoms with E-state index in [1.54, 1.807) is 54.7 Å². The van der Waals surface area contributed by atoms with Crippen molar-refractivity contribution in [3.05, 3.63) is 95.8 Å². The molecule has 0 bridgehead atoms. The minimum Gasteiger partial charge on any atom is -0.760 e. The average Bonchev–Trinajstić information content (AvgIpc) is 3.48. The third-order valence-corrected chi connectivity index (χ3v) is 7.50. The second kappa shape index (κ2) is 10.4. The van der Waals surface area contributed by atoms with Crippen LogP contribution in [0.25, 0.3) is 11.3 Å². The zero-order chi connectivity index (χ0) is 27.0. The first-order valence-corrected chi connectivity index (χ1v) is 13.3. The van der Waals surface area contributed by atoms with Crippen LogP contribution in [0.3, 0.4) is 0 Å². The number of aromatic nitrogens is 3. The third-order valence-electron chi connectivity index (χ3n) is 7.07. The van der Waals surface area contributed by atoms with Gasteiger partial charge in [0.15, 0.2) is 11.6 Å². The van der Waals surface area contributed by atoms with Crippen molar-refractivity contribution in [2.45, 2.75) is 18.0 Å². The van der Waals surface area contributed by atoms with E-state index in [2.05, 4.69) is 30.3 Å². The van der Waals surface area contributed by atoms with Gasteiger partial charge in [-0.25, -0.2) is 24.1 Å². The maximum absolute atomic E-state index is 15.3. The van der Waals surface area contributed by atoms with Crippen molar-refractivity contribution in [3.8, 4) is 22.9 Å². The zero-order valence-electron chi connectivity index (χ0n) is 20.4. The first-order valence-electron chi connectivity index (χ1n) is 12.3. The number of fused-ring (bicyclic) bond motifs is 1. The highest BCUT2D eigenvalue weighted by molar-refractivity contribution is 7.77. The number of rotatable bonds is 9. The highest BCUT2D eigenvalue weighted by Gasteiger charge is 2.57. The Kier molecular flexibility index (Phi) is 6.77. The summed E-state index contributed by atoms with van der Waals surface area (Å²) in [6, 6.07) is 14.8. The van der Waals surface area contributed by atoms with E-state index >= 15 is 8.78 Å². The molecule has 1 saturated heterocycles.